The molecule has 5 nitrogen and oxygen atoms in total. The highest BCUT2D eigenvalue weighted by Gasteiger charge is 2.14. The molecular formula is C15H15BrN4O. The topological polar surface area (TPSA) is 56.7 Å². The van der Waals surface area contributed by atoms with Gasteiger partial charge in [-0.05, 0) is 22.0 Å². The summed E-state index contributed by atoms with van der Waals surface area (Å²) in [6.45, 7) is 4.82. The summed E-state index contributed by atoms with van der Waals surface area (Å²) in [7, 11) is 0. The first-order valence-corrected chi connectivity index (χ1v) is 7.48. The van der Waals surface area contributed by atoms with Gasteiger partial charge >= 0.3 is 0 Å². The number of halogens is 1. The molecule has 0 bridgehead atoms. The van der Waals surface area contributed by atoms with Gasteiger partial charge in [0.2, 0.25) is 0 Å². The molecule has 0 saturated heterocycles. The van der Waals surface area contributed by atoms with Crippen LogP contribution >= 0.6 is 15.9 Å². The largest absolute Gasteiger partial charge is 0.448 e. The molecule has 0 radical (unpaired) electrons. The van der Waals surface area contributed by atoms with Gasteiger partial charge in [0.1, 0.15) is 17.3 Å². The fourth-order valence-electron chi connectivity index (χ4n) is 2.26. The highest BCUT2D eigenvalue weighted by Crippen LogP contribution is 2.23. The Balaban J connectivity index is 1.94. The molecule has 0 aliphatic heterocycles. The Kier molecular flexibility index (Phi) is 3.88. The van der Waals surface area contributed by atoms with E-state index in [-0.39, 0.29) is 0 Å². The molecule has 0 atom stereocenters. The predicted molar refractivity (Wildman–Crippen MR) is 82.9 cm³/mol. The Bertz CT molecular complexity index is 747. The van der Waals surface area contributed by atoms with Gasteiger partial charge in [-0.1, -0.05) is 13.8 Å². The number of hydrogen-bond acceptors (Lipinski definition) is 4. The Morgan fingerprint density at radius 1 is 1.29 bits per heavy atom. The van der Waals surface area contributed by atoms with Gasteiger partial charge < -0.3 is 8.98 Å². The molecule has 0 aliphatic rings. The molecule has 108 valence electrons. The van der Waals surface area contributed by atoms with Crippen LogP contribution in [0.5, 0.6) is 0 Å². The highest BCUT2D eigenvalue weighted by atomic mass is 79.9. The van der Waals surface area contributed by atoms with Crippen LogP contribution in [0.3, 0.4) is 0 Å². The monoisotopic (exact) mass is 346 g/mol. The smallest absolute Gasteiger partial charge is 0.181 e. The minimum atomic E-state index is 0.307. The lowest BCUT2D eigenvalue weighted by atomic mass is 10.1. The molecule has 0 spiro atoms. The maximum atomic E-state index is 5.47. The lowest BCUT2D eigenvalue weighted by Gasteiger charge is -2.08. The summed E-state index contributed by atoms with van der Waals surface area (Å²) in [6, 6.07) is 2.00. The van der Waals surface area contributed by atoms with Crippen molar-refractivity contribution in [3.8, 4) is 11.4 Å². The summed E-state index contributed by atoms with van der Waals surface area (Å²) in [4.78, 5) is 12.9. The summed E-state index contributed by atoms with van der Waals surface area (Å²) in [5, 5.41) is 0. The molecule has 3 aromatic rings. The lowest BCUT2D eigenvalue weighted by molar-refractivity contribution is 0.477. The fourth-order valence-corrected chi connectivity index (χ4v) is 2.62. The van der Waals surface area contributed by atoms with E-state index in [9.17, 15) is 0 Å². The summed E-state index contributed by atoms with van der Waals surface area (Å²) in [5.41, 5.74) is 1.90. The van der Waals surface area contributed by atoms with Crippen LogP contribution in [0.2, 0.25) is 0 Å². The van der Waals surface area contributed by atoms with Crippen LogP contribution in [0.1, 0.15) is 31.2 Å². The Morgan fingerprint density at radius 3 is 2.90 bits per heavy atom. The van der Waals surface area contributed by atoms with Crippen LogP contribution in [-0.2, 0) is 6.54 Å². The van der Waals surface area contributed by atoms with E-state index >= 15 is 0 Å². The quantitative estimate of drug-likeness (QED) is 0.719. The summed E-state index contributed by atoms with van der Waals surface area (Å²) >= 11 is 3.44. The van der Waals surface area contributed by atoms with Crippen molar-refractivity contribution in [2.24, 2.45) is 0 Å². The van der Waals surface area contributed by atoms with E-state index in [1.165, 1.54) is 6.39 Å². The van der Waals surface area contributed by atoms with Crippen LogP contribution in [0.4, 0.5) is 0 Å². The standard InChI is InChI=1S/C15H15BrN4O/c1-10(2)14-13(19-9-21-14)8-20-4-3-18-15(20)11-5-12(16)7-17-6-11/h3-7,9-10H,8H2,1-2H3. The van der Waals surface area contributed by atoms with Gasteiger partial charge in [-0.25, -0.2) is 9.97 Å². The predicted octanol–water partition coefficient (Wildman–Crippen LogP) is 3.87. The van der Waals surface area contributed by atoms with Gasteiger partial charge in [0, 0.05) is 40.7 Å². The van der Waals surface area contributed by atoms with Gasteiger partial charge in [-0.15, -0.1) is 0 Å². The molecule has 0 saturated carbocycles. The van der Waals surface area contributed by atoms with E-state index in [0.29, 0.717) is 12.5 Å². The third kappa shape index (κ3) is 2.90. The zero-order valence-electron chi connectivity index (χ0n) is 11.8. The fraction of sp³-hybridized carbons (Fsp3) is 0.267. The number of hydrogen-bond donors (Lipinski definition) is 0. The van der Waals surface area contributed by atoms with Crippen molar-refractivity contribution >= 4 is 15.9 Å². The van der Waals surface area contributed by atoms with Crippen molar-refractivity contribution in [3.63, 3.8) is 0 Å². The number of nitrogens with zero attached hydrogens (tertiary/aromatic N) is 4. The van der Waals surface area contributed by atoms with E-state index in [4.69, 9.17) is 4.42 Å². The molecule has 0 aliphatic carbocycles. The molecule has 0 aromatic carbocycles. The number of imidazole rings is 1. The van der Waals surface area contributed by atoms with E-state index in [2.05, 4.69) is 44.7 Å². The summed E-state index contributed by atoms with van der Waals surface area (Å²) in [5.74, 6) is 2.09. The second kappa shape index (κ2) is 5.81. The van der Waals surface area contributed by atoms with Crippen LogP contribution in [0.25, 0.3) is 11.4 Å². The van der Waals surface area contributed by atoms with Gasteiger partial charge in [0.25, 0.3) is 0 Å². The van der Waals surface area contributed by atoms with Crippen molar-refractivity contribution in [3.05, 3.63) is 53.2 Å². The molecular weight excluding hydrogens is 332 g/mol. The minimum absolute atomic E-state index is 0.307. The third-order valence-electron chi connectivity index (χ3n) is 3.20. The number of rotatable bonds is 4. The van der Waals surface area contributed by atoms with Gasteiger partial charge in [-0.2, -0.15) is 0 Å². The van der Waals surface area contributed by atoms with E-state index in [1.807, 2.05) is 16.8 Å². The Labute approximate surface area is 131 Å². The molecule has 6 heteroatoms. The molecule has 0 amide bonds. The van der Waals surface area contributed by atoms with E-state index < -0.39 is 0 Å². The number of oxazole rings is 1. The second-order valence-corrected chi connectivity index (χ2v) is 6.00. The van der Waals surface area contributed by atoms with Gasteiger partial charge in [0.15, 0.2) is 6.39 Å². The molecule has 0 fully saturated rings. The SMILES string of the molecule is CC(C)c1ocnc1Cn1ccnc1-c1cncc(Br)c1. The van der Waals surface area contributed by atoms with Crippen LogP contribution in [0, 0.1) is 0 Å². The molecule has 3 heterocycles. The average molecular weight is 347 g/mol. The van der Waals surface area contributed by atoms with Crippen LogP contribution in [0.15, 0.2) is 46.1 Å². The van der Waals surface area contributed by atoms with Crippen molar-refractivity contribution in [2.75, 3.05) is 0 Å². The van der Waals surface area contributed by atoms with Crippen LogP contribution in [-0.4, -0.2) is 19.5 Å². The first kappa shape index (κ1) is 14.0. The third-order valence-corrected chi connectivity index (χ3v) is 3.63. The summed E-state index contributed by atoms with van der Waals surface area (Å²) in [6.07, 6.45) is 8.78. The molecule has 3 rings (SSSR count). The second-order valence-electron chi connectivity index (χ2n) is 5.09. The molecule has 0 unspecified atom stereocenters. The lowest BCUT2D eigenvalue weighted by Crippen LogP contribution is -2.04. The molecule has 21 heavy (non-hydrogen) atoms. The van der Waals surface area contributed by atoms with Gasteiger partial charge in [0.05, 0.1) is 6.54 Å². The van der Waals surface area contributed by atoms with Crippen LogP contribution < -0.4 is 0 Å². The van der Waals surface area contributed by atoms with Gasteiger partial charge in [-0.3, -0.25) is 4.98 Å². The number of aromatic nitrogens is 4. The first-order chi connectivity index (χ1) is 10.1. The molecule has 3 aromatic heterocycles. The maximum absolute atomic E-state index is 5.47. The van der Waals surface area contributed by atoms with Crippen molar-refractivity contribution < 1.29 is 4.42 Å². The summed E-state index contributed by atoms with van der Waals surface area (Å²) < 4.78 is 8.45. The van der Waals surface area contributed by atoms with Crippen molar-refractivity contribution in [1.82, 2.24) is 19.5 Å². The maximum Gasteiger partial charge on any atom is 0.181 e. The van der Waals surface area contributed by atoms with E-state index in [0.717, 1.165) is 27.3 Å². The zero-order chi connectivity index (χ0) is 14.8. The Hall–Kier alpha value is -1.95. The van der Waals surface area contributed by atoms with Crippen molar-refractivity contribution in [1.29, 1.82) is 0 Å². The van der Waals surface area contributed by atoms with Crippen molar-refractivity contribution in [2.45, 2.75) is 26.3 Å². The Morgan fingerprint density at radius 2 is 2.14 bits per heavy atom. The highest BCUT2D eigenvalue weighted by molar-refractivity contribution is 9.10. The zero-order valence-corrected chi connectivity index (χ0v) is 13.4. The minimum Gasteiger partial charge on any atom is -0.448 e. The van der Waals surface area contributed by atoms with E-state index in [1.54, 1.807) is 18.6 Å². The average Bonchev–Trinajstić information content (AvgIpc) is 3.08. The number of pyridine rings is 1. The first-order valence-electron chi connectivity index (χ1n) is 6.69. The normalized spacial score (nSPS) is 11.2. The molecule has 0 N–H and O–H groups in total.